The van der Waals surface area contributed by atoms with Gasteiger partial charge in [-0.1, -0.05) is 0 Å². The zero-order valence-corrected chi connectivity index (χ0v) is 14.7. The number of anilines is 1. The van der Waals surface area contributed by atoms with Crippen LogP contribution in [-0.4, -0.2) is 49.7 Å². The van der Waals surface area contributed by atoms with Crippen molar-refractivity contribution in [1.82, 2.24) is 15.3 Å². The van der Waals surface area contributed by atoms with Crippen LogP contribution in [0.5, 0.6) is 0 Å². The van der Waals surface area contributed by atoms with Crippen molar-refractivity contribution in [1.29, 1.82) is 0 Å². The van der Waals surface area contributed by atoms with Crippen LogP contribution in [0.1, 0.15) is 23.3 Å². The topological polar surface area (TPSA) is 92.3 Å². The van der Waals surface area contributed by atoms with E-state index in [4.69, 9.17) is 0 Å². The number of nitrogens with zero attached hydrogens (tertiary/aromatic N) is 3. The fourth-order valence-corrected chi connectivity index (χ4v) is 3.54. The van der Waals surface area contributed by atoms with Crippen LogP contribution in [0.3, 0.4) is 0 Å². The number of sulfone groups is 1. The Morgan fingerprint density at radius 1 is 1.24 bits per heavy atom. The third-order valence-electron chi connectivity index (χ3n) is 4.18. The summed E-state index contributed by atoms with van der Waals surface area (Å²) in [5, 5.41) is 2.99. The van der Waals surface area contributed by atoms with Gasteiger partial charge in [0, 0.05) is 43.5 Å². The van der Waals surface area contributed by atoms with E-state index >= 15 is 0 Å². The lowest BCUT2D eigenvalue weighted by atomic mass is 10.0. The SMILES string of the molecule is CS(=O)(=O)c1ccc(N2CCCC(NC(=O)c3cnccn3)C2)cc1. The van der Waals surface area contributed by atoms with Crippen molar-refractivity contribution < 1.29 is 13.2 Å². The summed E-state index contributed by atoms with van der Waals surface area (Å²) in [6.07, 6.45) is 7.49. The first-order valence-electron chi connectivity index (χ1n) is 8.05. The Balaban J connectivity index is 1.66. The third-order valence-corrected chi connectivity index (χ3v) is 5.31. The summed E-state index contributed by atoms with van der Waals surface area (Å²) in [6, 6.07) is 6.86. The number of rotatable bonds is 4. The van der Waals surface area contributed by atoms with Crippen molar-refractivity contribution in [3.63, 3.8) is 0 Å². The first-order chi connectivity index (χ1) is 11.9. The zero-order chi connectivity index (χ0) is 17.9. The third kappa shape index (κ3) is 4.33. The molecule has 1 atom stereocenters. The molecule has 25 heavy (non-hydrogen) atoms. The van der Waals surface area contributed by atoms with E-state index in [0.717, 1.165) is 25.1 Å². The molecule has 1 N–H and O–H groups in total. The Bertz CT molecular complexity index is 838. The van der Waals surface area contributed by atoms with E-state index in [1.807, 2.05) is 12.1 Å². The van der Waals surface area contributed by atoms with Crippen LogP contribution in [0, 0.1) is 0 Å². The number of nitrogens with one attached hydrogen (secondary N) is 1. The van der Waals surface area contributed by atoms with Gasteiger partial charge in [-0.2, -0.15) is 0 Å². The molecule has 2 aromatic rings. The van der Waals surface area contributed by atoms with Crippen molar-refractivity contribution >= 4 is 21.4 Å². The second kappa shape index (κ2) is 7.18. The number of carbonyl (C=O) groups excluding carboxylic acids is 1. The van der Waals surface area contributed by atoms with Crippen molar-refractivity contribution in [2.24, 2.45) is 0 Å². The minimum Gasteiger partial charge on any atom is -0.369 e. The summed E-state index contributed by atoms with van der Waals surface area (Å²) in [6.45, 7) is 1.54. The molecule has 8 heteroatoms. The average molecular weight is 360 g/mol. The van der Waals surface area contributed by atoms with Gasteiger partial charge < -0.3 is 10.2 Å². The monoisotopic (exact) mass is 360 g/mol. The number of aromatic nitrogens is 2. The lowest BCUT2D eigenvalue weighted by molar-refractivity contribution is 0.0927. The predicted octanol–water partition coefficient (Wildman–Crippen LogP) is 1.28. The molecule has 2 heterocycles. The smallest absolute Gasteiger partial charge is 0.271 e. The molecular formula is C17H20N4O3S. The Labute approximate surface area is 147 Å². The van der Waals surface area contributed by atoms with Crippen LogP contribution < -0.4 is 10.2 Å². The summed E-state index contributed by atoms with van der Waals surface area (Å²) in [5.74, 6) is -0.229. The first-order valence-corrected chi connectivity index (χ1v) is 9.94. The van der Waals surface area contributed by atoms with Gasteiger partial charge in [-0.05, 0) is 37.1 Å². The average Bonchev–Trinajstić information content (AvgIpc) is 2.62. The van der Waals surface area contributed by atoms with Gasteiger partial charge in [-0.3, -0.25) is 9.78 Å². The predicted molar refractivity (Wildman–Crippen MR) is 94.3 cm³/mol. The molecule has 1 aromatic heterocycles. The van der Waals surface area contributed by atoms with Crippen molar-refractivity contribution in [2.75, 3.05) is 24.2 Å². The normalized spacial score (nSPS) is 18.0. The van der Waals surface area contributed by atoms with E-state index in [1.54, 1.807) is 12.1 Å². The highest BCUT2D eigenvalue weighted by Gasteiger charge is 2.22. The fraction of sp³-hybridized carbons (Fsp3) is 0.353. The molecule has 3 rings (SSSR count). The summed E-state index contributed by atoms with van der Waals surface area (Å²) in [5.41, 5.74) is 1.25. The van der Waals surface area contributed by atoms with Gasteiger partial charge in [0.25, 0.3) is 5.91 Å². The summed E-state index contributed by atoms with van der Waals surface area (Å²) in [4.78, 5) is 22.6. The van der Waals surface area contributed by atoms with E-state index in [2.05, 4.69) is 20.2 Å². The molecule has 0 radical (unpaired) electrons. The highest BCUT2D eigenvalue weighted by atomic mass is 32.2. The lowest BCUT2D eigenvalue weighted by Gasteiger charge is -2.34. The summed E-state index contributed by atoms with van der Waals surface area (Å²) >= 11 is 0. The van der Waals surface area contributed by atoms with Crippen LogP contribution in [0.2, 0.25) is 0 Å². The Hall–Kier alpha value is -2.48. The van der Waals surface area contributed by atoms with E-state index in [9.17, 15) is 13.2 Å². The number of carbonyl (C=O) groups is 1. The van der Waals surface area contributed by atoms with Gasteiger partial charge in [0.05, 0.1) is 11.1 Å². The van der Waals surface area contributed by atoms with E-state index in [1.165, 1.54) is 24.8 Å². The Morgan fingerprint density at radius 3 is 2.64 bits per heavy atom. The van der Waals surface area contributed by atoms with Gasteiger partial charge in [-0.15, -0.1) is 0 Å². The first kappa shape index (κ1) is 17.3. The zero-order valence-electron chi connectivity index (χ0n) is 13.9. The quantitative estimate of drug-likeness (QED) is 0.883. The second-order valence-electron chi connectivity index (χ2n) is 6.12. The van der Waals surface area contributed by atoms with E-state index < -0.39 is 9.84 Å². The number of amides is 1. The maximum absolute atomic E-state index is 12.2. The maximum Gasteiger partial charge on any atom is 0.271 e. The molecule has 1 unspecified atom stereocenters. The number of benzene rings is 1. The minimum atomic E-state index is -3.20. The highest BCUT2D eigenvalue weighted by molar-refractivity contribution is 7.90. The molecule has 1 aliphatic rings. The largest absolute Gasteiger partial charge is 0.369 e. The number of hydrogen-bond donors (Lipinski definition) is 1. The Morgan fingerprint density at radius 2 is 2.00 bits per heavy atom. The standard InChI is InChI=1S/C17H20N4O3S/c1-25(23,24)15-6-4-14(5-7-15)21-10-2-3-13(12-21)20-17(22)16-11-18-8-9-19-16/h4-9,11,13H,2-3,10,12H2,1H3,(H,20,22). The van der Waals surface area contributed by atoms with Crippen LogP contribution >= 0.6 is 0 Å². The summed E-state index contributed by atoms with van der Waals surface area (Å²) < 4.78 is 23.1. The lowest BCUT2D eigenvalue weighted by Crippen LogP contribution is -2.48. The molecular weight excluding hydrogens is 340 g/mol. The molecule has 1 aliphatic heterocycles. The second-order valence-corrected chi connectivity index (χ2v) is 8.13. The van der Waals surface area contributed by atoms with Crippen LogP contribution in [0.25, 0.3) is 0 Å². The molecule has 132 valence electrons. The van der Waals surface area contributed by atoms with E-state index in [0.29, 0.717) is 17.1 Å². The summed E-state index contributed by atoms with van der Waals surface area (Å²) in [7, 11) is -3.20. The number of piperidine rings is 1. The Kier molecular flexibility index (Phi) is 4.98. The van der Waals surface area contributed by atoms with Crippen LogP contribution in [0.4, 0.5) is 5.69 Å². The molecule has 0 aliphatic carbocycles. The maximum atomic E-state index is 12.2. The fourth-order valence-electron chi connectivity index (χ4n) is 2.91. The van der Waals surface area contributed by atoms with Gasteiger partial charge in [0.15, 0.2) is 9.84 Å². The molecule has 1 saturated heterocycles. The number of hydrogen-bond acceptors (Lipinski definition) is 6. The van der Waals surface area contributed by atoms with Crippen molar-refractivity contribution in [2.45, 2.75) is 23.8 Å². The van der Waals surface area contributed by atoms with Crippen molar-refractivity contribution in [3.8, 4) is 0 Å². The van der Waals surface area contributed by atoms with E-state index in [-0.39, 0.29) is 11.9 Å². The molecule has 0 bridgehead atoms. The van der Waals surface area contributed by atoms with Crippen LogP contribution in [0.15, 0.2) is 47.8 Å². The van der Waals surface area contributed by atoms with Crippen molar-refractivity contribution in [3.05, 3.63) is 48.5 Å². The molecule has 1 aromatic carbocycles. The van der Waals surface area contributed by atoms with Gasteiger partial charge >= 0.3 is 0 Å². The molecule has 7 nitrogen and oxygen atoms in total. The minimum absolute atomic E-state index is 0.0119. The highest BCUT2D eigenvalue weighted by Crippen LogP contribution is 2.22. The molecule has 0 spiro atoms. The molecule has 0 saturated carbocycles. The van der Waals surface area contributed by atoms with Gasteiger partial charge in [0.2, 0.25) is 0 Å². The van der Waals surface area contributed by atoms with Crippen LogP contribution in [-0.2, 0) is 9.84 Å². The van der Waals surface area contributed by atoms with Gasteiger partial charge in [0.1, 0.15) is 5.69 Å². The van der Waals surface area contributed by atoms with Gasteiger partial charge in [-0.25, -0.2) is 13.4 Å². The molecule has 1 amide bonds. The molecule has 1 fully saturated rings.